The van der Waals surface area contributed by atoms with Gasteiger partial charge in [0.15, 0.2) is 17.8 Å². The average molecular weight is 1220 g/mol. The number of nitrogens with one attached hydrogen (secondary N) is 1. The third-order valence-electron chi connectivity index (χ3n) is 19.1. The van der Waals surface area contributed by atoms with E-state index in [-0.39, 0.29) is 31.9 Å². The van der Waals surface area contributed by atoms with E-state index in [1.165, 1.54) is 173 Å². The topological polar surface area (TPSA) is 92.3 Å². The van der Waals surface area contributed by atoms with Gasteiger partial charge in [-0.05, 0) is 120 Å². The Labute approximate surface area is 538 Å². The summed E-state index contributed by atoms with van der Waals surface area (Å²) in [6.45, 7) is 38.2. The molecule has 0 aliphatic carbocycles. The number of methoxy groups -OCH3 is 1. The van der Waals surface area contributed by atoms with Gasteiger partial charge in [0.25, 0.3) is 0 Å². The zero-order valence-electron chi connectivity index (χ0n) is 59.8. The molecule has 503 valence electrons. The van der Waals surface area contributed by atoms with Crippen LogP contribution < -0.4 is 29.0 Å². The van der Waals surface area contributed by atoms with Crippen LogP contribution in [0.1, 0.15) is 320 Å². The molecule has 2 aromatic carbocycles. The van der Waals surface area contributed by atoms with E-state index in [0.29, 0.717) is 66.3 Å². The fraction of sp³-hybridized carbons (Fsp3) is 0.823. The van der Waals surface area contributed by atoms with Crippen LogP contribution in [0.3, 0.4) is 0 Å². The molecule has 8 nitrogen and oxygen atoms in total. The molecule has 0 saturated heterocycles. The Bertz CT molecular complexity index is 1930. The number of rotatable bonds is 57. The van der Waals surface area contributed by atoms with Crippen LogP contribution in [0.5, 0.6) is 28.7 Å². The van der Waals surface area contributed by atoms with Crippen molar-refractivity contribution in [3.63, 3.8) is 0 Å². The molecule has 0 bridgehead atoms. The Hall–Kier alpha value is -3.42. The fourth-order valence-electron chi connectivity index (χ4n) is 12.5. The third-order valence-corrected chi connectivity index (χ3v) is 19.1. The van der Waals surface area contributed by atoms with Crippen molar-refractivity contribution in [3.05, 3.63) is 41.5 Å². The first-order valence-electron chi connectivity index (χ1n) is 36.6. The minimum atomic E-state index is -0.207. The molecular weight excluding hydrogens is 1070 g/mol. The van der Waals surface area contributed by atoms with E-state index in [2.05, 4.69) is 121 Å². The molecule has 9 atom stereocenters. The molecule has 0 spiro atoms. The van der Waals surface area contributed by atoms with Gasteiger partial charge in [-0.3, -0.25) is 9.59 Å². The van der Waals surface area contributed by atoms with Crippen LogP contribution in [-0.2, 0) is 22.7 Å². The van der Waals surface area contributed by atoms with E-state index in [9.17, 15) is 9.59 Å². The Morgan fingerprint density at radius 3 is 1.05 bits per heavy atom. The van der Waals surface area contributed by atoms with Crippen LogP contribution in [0, 0.1) is 71.0 Å². The molecule has 0 aromatic heterocycles. The minimum absolute atomic E-state index is 0.0661. The van der Waals surface area contributed by atoms with Crippen molar-refractivity contribution in [2.45, 2.75) is 322 Å². The second-order valence-electron chi connectivity index (χ2n) is 30.0. The van der Waals surface area contributed by atoms with Crippen LogP contribution in [0.25, 0.3) is 0 Å². The Morgan fingerprint density at radius 2 is 0.724 bits per heavy atom. The van der Waals surface area contributed by atoms with Crippen LogP contribution in [0.2, 0.25) is 0 Å². The maximum Gasteiger partial charge on any atom is 0.220 e. The van der Waals surface area contributed by atoms with Crippen molar-refractivity contribution < 1.29 is 33.3 Å². The highest BCUT2D eigenvalue weighted by Gasteiger charge is 2.20. The molecule has 1 radical (unpaired) electrons. The van der Waals surface area contributed by atoms with Crippen molar-refractivity contribution in [1.29, 1.82) is 0 Å². The summed E-state index contributed by atoms with van der Waals surface area (Å²) in [5.41, 5.74) is 1.72. The monoisotopic (exact) mass is 1220 g/mol. The lowest BCUT2D eigenvalue weighted by atomic mass is 9.91. The lowest BCUT2D eigenvalue weighted by Gasteiger charge is -2.22. The molecular formula is C79H140NO7. The fourth-order valence-corrected chi connectivity index (χ4v) is 12.5. The van der Waals surface area contributed by atoms with Gasteiger partial charge in [-0.15, -0.1) is 0 Å². The van der Waals surface area contributed by atoms with Gasteiger partial charge in [-0.25, -0.2) is 0 Å². The van der Waals surface area contributed by atoms with Gasteiger partial charge in [0.2, 0.25) is 11.7 Å². The molecule has 3 unspecified atom stereocenters. The summed E-state index contributed by atoms with van der Waals surface area (Å²) in [6, 6.07) is 9.83. The maximum atomic E-state index is 12.6. The number of hydrogen-bond acceptors (Lipinski definition) is 7. The predicted octanol–water partition coefficient (Wildman–Crippen LogP) is 23.3. The molecule has 2 rings (SSSR count). The summed E-state index contributed by atoms with van der Waals surface area (Å²) in [6.07, 6.45) is 40.6. The molecule has 0 aliphatic rings. The van der Waals surface area contributed by atoms with E-state index in [1.54, 1.807) is 7.11 Å². The first kappa shape index (κ1) is 79.7. The summed E-state index contributed by atoms with van der Waals surface area (Å²) >= 11 is 0. The van der Waals surface area contributed by atoms with Crippen LogP contribution >= 0.6 is 0 Å². The lowest BCUT2D eigenvalue weighted by molar-refractivity contribution is -0.121. The molecule has 0 heterocycles. The van der Waals surface area contributed by atoms with Gasteiger partial charge >= 0.3 is 0 Å². The molecule has 0 fully saturated rings. The van der Waals surface area contributed by atoms with Crippen molar-refractivity contribution in [3.8, 4) is 28.7 Å². The molecule has 8 heteroatoms. The molecule has 0 saturated carbocycles. The van der Waals surface area contributed by atoms with E-state index in [0.717, 1.165) is 83.7 Å². The van der Waals surface area contributed by atoms with Crippen molar-refractivity contribution in [2.24, 2.45) is 71.0 Å². The van der Waals surface area contributed by atoms with Crippen LogP contribution in [0.4, 0.5) is 0 Å². The highest BCUT2D eigenvalue weighted by atomic mass is 16.5. The largest absolute Gasteiger partial charge is 0.497 e. The van der Waals surface area contributed by atoms with Crippen LogP contribution in [0.15, 0.2) is 30.3 Å². The predicted molar refractivity (Wildman–Crippen MR) is 373 cm³/mol. The zero-order valence-corrected chi connectivity index (χ0v) is 59.8. The molecule has 2 aromatic rings. The minimum Gasteiger partial charge on any atom is -0.497 e. The zero-order chi connectivity index (χ0) is 64.2. The highest BCUT2D eigenvalue weighted by molar-refractivity contribution is 5.78. The standard InChI is InChI=1S/C79H140NO7/c1-60(2)27-17-30-63(7)33-20-36-66(10)39-23-42-69(13)48-52-84-76-55-72(59-87-75-57-74(83-16)47-46-73(75)58-80-78(82)45-26-51-81)56-77(85-53-49-70(14)43-24-40-67(11)37-21-34-64(8)31-18-28-61(3)4)79(76)86-54-50-71(15)44-25-41-68(12)38-22-35-65(9)32-19-29-62(5)6/h46-47,55-57,60-71H,17-45,48-50,52-54,58-59H2,1-16H3,(H,80,82)/t63-,64-,65-,66-,67-,68-,69?,70?,71?/m1/s1. The number of carbonyl (C=O) groups excluding carboxylic acids is 2. The van der Waals surface area contributed by atoms with Gasteiger partial charge in [-0.1, -0.05) is 277 Å². The number of hydrogen-bond donors (Lipinski definition) is 1. The Morgan fingerprint density at radius 1 is 0.402 bits per heavy atom. The van der Waals surface area contributed by atoms with Gasteiger partial charge in [0.1, 0.15) is 18.1 Å². The van der Waals surface area contributed by atoms with E-state index >= 15 is 0 Å². The van der Waals surface area contributed by atoms with Gasteiger partial charge in [0, 0.05) is 31.0 Å². The van der Waals surface area contributed by atoms with E-state index in [1.807, 2.05) is 24.5 Å². The molecule has 1 N–H and O–H groups in total. The Kier molecular flexibility index (Phi) is 45.2. The van der Waals surface area contributed by atoms with E-state index in [4.69, 9.17) is 23.7 Å². The average Bonchev–Trinajstić information content (AvgIpc) is 2.44. The van der Waals surface area contributed by atoms with Gasteiger partial charge in [0.05, 0.1) is 26.9 Å². The summed E-state index contributed by atoms with van der Waals surface area (Å²) in [7, 11) is 1.64. The smallest absolute Gasteiger partial charge is 0.220 e. The normalized spacial score (nSPS) is 15.0. The second-order valence-corrected chi connectivity index (χ2v) is 30.0. The lowest BCUT2D eigenvalue weighted by Crippen LogP contribution is -2.22. The SMILES string of the molecule is COc1ccc(CNC(=O)CC[C]=O)c(OCc2cc(OCCC(C)CCC[C@H](C)CCC[C@H](C)CCCC(C)C)c(OCCC(C)CCC[C@H](C)CCC[C@H](C)CCCC(C)C)c(OCCC(C)CCC[C@H](C)CCC[C@H](C)CCCC(C)C)c2)c1. The van der Waals surface area contributed by atoms with Crippen molar-refractivity contribution in [1.82, 2.24) is 5.32 Å². The first-order valence-corrected chi connectivity index (χ1v) is 36.6. The summed E-state index contributed by atoms with van der Waals surface area (Å²) in [4.78, 5) is 23.4. The van der Waals surface area contributed by atoms with Gasteiger partial charge < -0.3 is 29.0 Å². The van der Waals surface area contributed by atoms with Crippen molar-refractivity contribution >= 4 is 12.2 Å². The summed E-state index contributed by atoms with van der Waals surface area (Å²) in [5.74, 6) is 12.0. The van der Waals surface area contributed by atoms with Crippen LogP contribution in [-0.4, -0.2) is 39.1 Å². The number of ether oxygens (including phenoxy) is 5. The quantitative estimate of drug-likeness (QED) is 0.0705. The second kappa shape index (κ2) is 49.3. The van der Waals surface area contributed by atoms with E-state index < -0.39 is 0 Å². The number of carbonyl (C=O) groups is 1. The molecule has 0 aliphatic heterocycles. The Balaban J connectivity index is 2.29. The number of benzene rings is 2. The molecule has 87 heavy (non-hydrogen) atoms. The molecule has 1 amide bonds. The third kappa shape index (κ3) is 41.6. The van der Waals surface area contributed by atoms with Gasteiger partial charge in [-0.2, -0.15) is 0 Å². The van der Waals surface area contributed by atoms with Crippen molar-refractivity contribution in [2.75, 3.05) is 26.9 Å². The first-order chi connectivity index (χ1) is 41.7. The number of amides is 1. The maximum absolute atomic E-state index is 12.6. The highest BCUT2D eigenvalue weighted by Crippen LogP contribution is 2.41. The summed E-state index contributed by atoms with van der Waals surface area (Å²) in [5, 5.41) is 2.94. The summed E-state index contributed by atoms with van der Waals surface area (Å²) < 4.78 is 32.9.